The van der Waals surface area contributed by atoms with Crippen molar-refractivity contribution in [1.82, 2.24) is 4.90 Å². The number of carbonyl (C=O) groups is 1. The number of hydrogen-bond donors (Lipinski definition) is 2. The molecular formula is C29H28BrN3O4. The van der Waals surface area contributed by atoms with Crippen molar-refractivity contribution in [2.45, 2.75) is 30.4 Å². The van der Waals surface area contributed by atoms with Crippen LogP contribution < -0.4 is 10.5 Å². The van der Waals surface area contributed by atoms with Crippen LogP contribution in [-0.2, 0) is 23.1 Å². The molecule has 1 saturated heterocycles. The summed E-state index contributed by atoms with van der Waals surface area (Å²) in [6.45, 7) is 0.805. The molecule has 3 N–H and O–H groups in total. The zero-order valence-corrected chi connectivity index (χ0v) is 21.9. The number of likely N-dealkylation sites (tertiary alicyclic amines) is 1. The van der Waals surface area contributed by atoms with Crippen molar-refractivity contribution in [2.75, 3.05) is 19.7 Å². The zero-order valence-electron chi connectivity index (χ0n) is 20.3. The molecule has 3 aliphatic rings. The Morgan fingerprint density at radius 1 is 1.03 bits per heavy atom. The predicted octanol–water partition coefficient (Wildman–Crippen LogP) is 4.98. The maximum atomic E-state index is 12.4. The smallest absolute Gasteiger partial charge is 0.407 e. The molecule has 0 radical (unpaired) electrons. The normalized spacial score (nSPS) is 28.0. The minimum atomic E-state index is -0.952. The highest BCUT2D eigenvalue weighted by Gasteiger charge is 2.72. The number of benzene rings is 3. The summed E-state index contributed by atoms with van der Waals surface area (Å²) < 4.78 is 13.9. The number of ether oxygens (including phenoxy) is 2. The summed E-state index contributed by atoms with van der Waals surface area (Å²) in [4.78, 5) is 19.0. The van der Waals surface area contributed by atoms with Crippen LogP contribution in [0, 0.1) is 5.41 Å². The van der Waals surface area contributed by atoms with Gasteiger partial charge in [0.25, 0.3) is 6.02 Å². The molecule has 3 atom stereocenters. The Balaban J connectivity index is 1.66. The average Bonchev–Trinajstić information content (AvgIpc) is 3.29. The number of nitrogens with zero attached hydrogens (tertiary/aromatic N) is 2. The number of piperidine rings is 1. The maximum Gasteiger partial charge on any atom is 0.407 e. The molecule has 190 valence electrons. The number of hydrogen-bond acceptors (Lipinski definition) is 5. The van der Waals surface area contributed by atoms with E-state index < -0.39 is 22.6 Å². The second-order valence-corrected chi connectivity index (χ2v) is 11.1. The van der Waals surface area contributed by atoms with Gasteiger partial charge in [-0.25, -0.2) is 9.79 Å². The van der Waals surface area contributed by atoms with Gasteiger partial charge in [0.1, 0.15) is 23.5 Å². The van der Waals surface area contributed by atoms with Gasteiger partial charge in [-0.1, -0.05) is 76.6 Å². The van der Waals surface area contributed by atoms with Crippen LogP contribution in [0.4, 0.5) is 4.79 Å². The molecule has 0 aliphatic carbocycles. The lowest BCUT2D eigenvalue weighted by Crippen LogP contribution is -2.74. The van der Waals surface area contributed by atoms with Crippen LogP contribution in [0.15, 0.2) is 88.3 Å². The van der Waals surface area contributed by atoms with Gasteiger partial charge in [0.15, 0.2) is 0 Å². The Morgan fingerprint density at radius 2 is 1.70 bits per heavy atom. The van der Waals surface area contributed by atoms with E-state index in [-0.39, 0.29) is 19.2 Å². The molecule has 8 heteroatoms. The van der Waals surface area contributed by atoms with E-state index in [0.29, 0.717) is 25.8 Å². The number of rotatable bonds is 4. The van der Waals surface area contributed by atoms with Crippen molar-refractivity contribution in [3.8, 4) is 5.75 Å². The monoisotopic (exact) mass is 561 g/mol. The van der Waals surface area contributed by atoms with Crippen molar-refractivity contribution >= 4 is 28.0 Å². The number of fused-ring (bicyclic) bond motifs is 4. The quantitative estimate of drug-likeness (QED) is 0.468. The molecule has 1 amide bonds. The molecule has 3 aromatic carbocycles. The summed E-state index contributed by atoms with van der Waals surface area (Å²) in [7, 11) is 0. The van der Waals surface area contributed by atoms with Gasteiger partial charge in [-0.15, -0.1) is 0 Å². The largest absolute Gasteiger partial charge is 0.486 e. The summed E-state index contributed by atoms with van der Waals surface area (Å²) in [6.07, 6.45) is 0.692. The van der Waals surface area contributed by atoms with E-state index in [2.05, 4.69) is 40.2 Å². The second-order valence-electron chi connectivity index (χ2n) is 10.2. The van der Waals surface area contributed by atoms with Crippen LogP contribution in [0.2, 0.25) is 0 Å². The number of halogens is 1. The molecule has 37 heavy (non-hydrogen) atoms. The zero-order chi connectivity index (χ0) is 25.7. The topological polar surface area (TPSA) is 97.4 Å². The fraction of sp³-hybridized carbons (Fsp3) is 0.310. The Morgan fingerprint density at radius 3 is 2.32 bits per heavy atom. The molecule has 1 fully saturated rings. The van der Waals surface area contributed by atoms with Crippen molar-refractivity contribution in [1.29, 1.82) is 0 Å². The SMILES string of the molecule is NC1=NC2(CO1)c1cc(Br)ccc1OC1(Cc3ccccc3)CCN(C(=O)O)CC12Cc1ccccc1. The van der Waals surface area contributed by atoms with Gasteiger partial charge in [0.2, 0.25) is 0 Å². The van der Waals surface area contributed by atoms with Gasteiger partial charge in [0, 0.05) is 36.0 Å². The molecule has 0 bridgehead atoms. The molecular weight excluding hydrogens is 534 g/mol. The first kappa shape index (κ1) is 23.9. The maximum absolute atomic E-state index is 12.4. The van der Waals surface area contributed by atoms with Gasteiger partial charge >= 0.3 is 6.09 Å². The van der Waals surface area contributed by atoms with E-state index in [0.717, 1.165) is 26.9 Å². The lowest BCUT2D eigenvalue weighted by atomic mass is 9.50. The number of amides is 1. The first-order valence-electron chi connectivity index (χ1n) is 12.4. The fourth-order valence-corrected chi connectivity index (χ4v) is 7.01. The summed E-state index contributed by atoms with van der Waals surface area (Å²) >= 11 is 3.63. The highest BCUT2D eigenvalue weighted by atomic mass is 79.9. The van der Waals surface area contributed by atoms with Gasteiger partial charge in [-0.05, 0) is 35.7 Å². The van der Waals surface area contributed by atoms with Gasteiger partial charge in [0.05, 0.1) is 5.41 Å². The van der Waals surface area contributed by atoms with Crippen molar-refractivity contribution in [3.05, 3.63) is 100 Å². The van der Waals surface area contributed by atoms with Gasteiger partial charge in [-0.2, -0.15) is 0 Å². The van der Waals surface area contributed by atoms with Crippen LogP contribution in [0.3, 0.4) is 0 Å². The third kappa shape index (κ3) is 3.69. The van der Waals surface area contributed by atoms with E-state index in [9.17, 15) is 9.90 Å². The number of carboxylic acid groups (broad SMARTS) is 1. The lowest BCUT2D eigenvalue weighted by Gasteiger charge is -2.63. The standard InChI is InChI=1S/C29H28BrN3O4/c30-22-11-12-24-23(15-22)29(19-36-25(31)32-29)27(16-20-7-3-1-4-8-20)18-33(26(34)35)14-13-28(27,37-24)17-21-9-5-2-6-10-21/h1-12,15H,13-14,16-19H2,(H2,31,32)(H,34,35). The van der Waals surface area contributed by atoms with Crippen LogP contribution in [0.25, 0.3) is 0 Å². The van der Waals surface area contributed by atoms with Gasteiger partial charge in [-0.3, -0.25) is 0 Å². The highest BCUT2D eigenvalue weighted by Crippen LogP contribution is 2.64. The molecule has 3 heterocycles. The van der Waals surface area contributed by atoms with Gasteiger partial charge < -0.3 is 25.2 Å². The Labute approximate surface area is 224 Å². The van der Waals surface area contributed by atoms with Crippen LogP contribution in [0.1, 0.15) is 23.1 Å². The molecule has 0 saturated carbocycles. The van der Waals surface area contributed by atoms with E-state index in [1.165, 1.54) is 4.90 Å². The minimum absolute atomic E-state index is 0.112. The number of nitrogens with two attached hydrogens (primary N) is 1. The van der Waals surface area contributed by atoms with Crippen LogP contribution in [0.5, 0.6) is 5.75 Å². The molecule has 7 nitrogen and oxygen atoms in total. The molecule has 6 rings (SSSR count). The summed E-state index contributed by atoms with van der Waals surface area (Å²) in [5.41, 5.74) is 6.76. The number of amidine groups is 1. The minimum Gasteiger partial charge on any atom is -0.486 e. The highest BCUT2D eigenvalue weighted by molar-refractivity contribution is 9.10. The molecule has 3 aromatic rings. The first-order chi connectivity index (χ1) is 17.9. The molecule has 1 spiro atoms. The molecule has 3 aliphatic heterocycles. The van der Waals surface area contributed by atoms with E-state index in [1.807, 2.05) is 54.6 Å². The van der Waals surface area contributed by atoms with Crippen LogP contribution >= 0.6 is 15.9 Å². The lowest BCUT2D eigenvalue weighted by molar-refractivity contribution is -0.169. The van der Waals surface area contributed by atoms with Crippen molar-refractivity contribution in [3.63, 3.8) is 0 Å². The summed E-state index contributed by atoms with van der Waals surface area (Å²) in [5.74, 6) is 0.730. The Kier molecular flexibility index (Phi) is 5.67. The molecule has 0 aromatic heterocycles. The summed E-state index contributed by atoms with van der Waals surface area (Å²) in [5, 5.41) is 10.2. The average molecular weight is 562 g/mol. The third-order valence-corrected chi connectivity index (χ3v) is 8.78. The van der Waals surface area contributed by atoms with Crippen molar-refractivity contribution < 1.29 is 19.4 Å². The Bertz CT molecular complexity index is 1370. The van der Waals surface area contributed by atoms with E-state index >= 15 is 0 Å². The Hall–Kier alpha value is -3.52. The first-order valence-corrected chi connectivity index (χ1v) is 13.2. The number of aliphatic imine (C=N–C) groups is 1. The van der Waals surface area contributed by atoms with E-state index in [4.69, 9.17) is 20.2 Å². The van der Waals surface area contributed by atoms with E-state index in [1.54, 1.807) is 0 Å². The predicted molar refractivity (Wildman–Crippen MR) is 144 cm³/mol. The van der Waals surface area contributed by atoms with Crippen LogP contribution in [-0.4, -0.2) is 47.4 Å². The third-order valence-electron chi connectivity index (χ3n) is 8.28. The second kappa shape index (κ2) is 8.80. The molecule has 3 unspecified atom stereocenters. The fourth-order valence-electron chi connectivity index (χ4n) is 6.65. The summed E-state index contributed by atoms with van der Waals surface area (Å²) in [6, 6.07) is 26.4. The van der Waals surface area contributed by atoms with Crippen molar-refractivity contribution in [2.24, 2.45) is 16.1 Å².